The van der Waals surface area contributed by atoms with Gasteiger partial charge in [0.1, 0.15) is 4.90 Å². The Hall–Kier alpha value is -2.00. The Bertz CT molecular complexity index is 1060. The summed E-state index contributed by atoms with van der Waals surface area (Å²) in [6.07, 6.45) is 1.16. The van der Waals surface area contributed by atoms with Gasteiger partial charge in [-0.25, -0.2) is 8.42 Å². The molecule has 1 fully saturated rings. The van der Waals surface area contributed by atoms with Crippen LogP contribution < -0.4 is 14.8 Å². The van der Waals surface area contributed by atoms with Gasteiger partial charge in [-0.15, -0.1) is 0 Å². The summed E-state index contributed by atoms with van der Waals surface area (Å²) in [6.45, 7) is 0.536. The van der Waals surface area contributed by atoms with Gasteiger partial charge in [0.15, 0.2) is 11.5 Å². The van der Waals surface area contributed by atoms with Crippen molar-refractivity contribution in [2.45, 2.75) is 17.7 Å². The first-order valence-corrected chi connectivity index (χ1v) is 11.2. The average Bonchev–Trinajstić information content (AvgIpc) is 3.17. The minimum Gasteiger partial charge on any atom is -0.454 e. The highest BCUT2D eigenvalue weighted by Crippen LogP contribution is 2.35. The van der Waals surface area contributed by atoms with Crippen LogP contribution in [0.2, 0.25) is 10.0 Å². The van der Waals surface area contributed by atoms with Gasteiger partial charge in [0.25, 0.3) is 0 Å². The van der Waals surface area contributed by atoms with E-state index in [4.69, 9.17) is 32.7 Å². The fraction of sp³-hybridized carbons (Fsp3) is 0.316. The van der Waals surface area contributed by atoms with Crippen LogP contribution in [0.25, 0.3) is 0 Å². The molecule has 0 aromatic heterocycles. The summed E-state index contributed by atoms with van der Waals surface area (Å²) in [5.74, 6) is 0.449. The predicted octanol–water partition coefficient (Wildman–Crippen LogP) is 3.76. The van der Waals surface area contributed by atoms with E-state index in [-0.39, 0.29) is 34.2 Å². The summed E-state index contributed by atoms with van der Waals surface area (Å²) in [4.78, 5) is 12.7. The largest absolute Gasteiger partial charge is 0.454 e. The molecule has 0 radical (unpaired) electrons. The SMILES string of the molecule is O=C(Nc1ccc2c(c1)OCO2)C1CCCN(S(=O)(=O)c2cc(Cl)ccc2Cl)C1. The van der Waals surface area contributed by atoms with Crippen LogP contribution >= 0.6 is 23.2 Å². The maximum atomic E-state index is 13.0. The zero-order chi connectivity index (χ0) is 20.6. The van der Waals surface area contributed by atoms with Crippen LogP contribution in [0.15, 0.2) is 41.3 Å². The summed E-state index contributed by atoms with van der Waals surface area (Å²) in [7, 11) is -3.86. The van der Waals surface area contributed by atoms with Crippen molar-refractivity contribution in [3.05, 3.63) is 46.4 Å². The Labute approximate surface area is 178 Å². The van der Waals surface area contributed by atoms with Gasteiger partial charge in [-0.2, -0.15) is 4.31 Å². The highest BCUT2D eigenvalue weighted by Gasteiger charge is 2.34. The average molecular weight is 457 g/mol. The lowest BCUT2D eigenvalue weighted by atomic mass is 9.98. The molecule has 0 saturated carbocycles. The molecule has 1 atom stereocenters. The molecule has 2 aromatic carbocycles. The molecule has 2 aliphatic heterocycles. The molecule has 10 heteroatoms. The van der Waals surface area contributed by atoms with Crippen molar-refractivity contribution < 1.29 is 22.7 Å². The third-order valence-electron chi connectivity index (χ3n) is 4.91. The molecule has 2 heterocycles. The second kappa shape index (κ2) is 8.02. The second-order valence-electron chi connectivity index (χ2n) is 6.83. The van der Waals surface area contributed by atoms with Crippen LogP contribution in [0.4, 0.5) is 5.69 Å². The van der Waals surface area contributed by atoms with Crippen molar-refractivity contribution in [2.75, 3.05) is 25.2 Å². The third-order valence-corrected chi connectivity index (χ3v) is 7.49. The highest BCUT2D eigenvalue weighted by atomic mass is 35.5. The van der Waals surface area contributed by atoms with Gasteiger partial charge in [-0.1, -0.05) is 23.2 Å². The number of carbonyl (C=O) groups excluding carboxylic acids is 1. The van der Waals surface area contributed by atoms with Gasteiger partial charge < -0.3 is 14.8 Å². The number of piperidine rings is 1. The molecule has 1 unspecified atom stereocenters. The molecule has 0 spiro atoms. The van der Waals surface area contributed by atoms with Gasteiger partial charge in [0.05, 0.1) is 10.9 Å². The van der Waals surface area contributed by atoms with Crippen molar-refractivity contribution in [1.29, 1.82) is 0 Å². The van der Waals surface area contributed by atoms with Gasteiger partial charge in [-0.3, -0.25) is 4.79 Å². The van der Waals surface area contributed by atoms with E-state index in [1.54, 1.807) is 18.2 Å². The predicted molar refractivity (Wildman–Crippen MR) is 109 cm³/mol. The number of hydrogen-bond acceptors (Lipinski definition) is 5. The number of nitrogens with one attached hydrogen (secondary N) is 1. The molecule has 2 aromatic rings. The lowest BCUT2D eigenvalue weighted by Crippen LogP contribution is -2.43. The summed E-state index contributed by atoms with van der Waals surface area (Å²) < 4.78 is 37.9. The van der Waals surface area contributed by atoms with Crippen molar-refractivity contribution >= 4 is 44.8 Å². The number of halogens is 2. The van der Waals surface area contributed by atoms with Gasteiger partial charge >= 0.3 is 0 Å². The van der Waals surface area contributed by atoms with Crippen molar-refractivity contribution in [3.63, 3.8) is 0 Å². The number of amides is 1. The molecule has 1 amide bonds. The Morgan fingerprint density at radius 1 is 1.10 bits per heavy atom. The Morgan fingerprint density at radius 3 is 2.72 bits per heavy atom. The van der Waals surface area contributed by atoms with Crippen molar-refractivity contribution in [3.8, 4) is 11.5 Å². The normalized spacial score (nSPS) is 19.2. The Morgan fingerprint density at radius 2 is 1.90 bits per heavy atom. The van der Waals surface area contributed by atoms with E-state index < -0.39 is 15.9 Å². The number of anilines is 1. The quantitative estimate of drug-likeness (QED) is 0.756. The third kappa shape index (κ3) is 4.16. The van der Waals surface area contributed by atoms with Gasteiger partial charge in [0.2, 0.25) is 22.7 Å². The zero-order valence-corrected chi connectivity index (χ0v) is 17.6. The van der Waals surface area contributed by atoms with Gasteiger partial charge in [0, 0.05) is 29.9 Å². The Balaban J connectivity index is 1.49. The molecular weight excluding hydrogens is 439 g/mol. The minimum absolute atomic E-state index is 0.0523. The van der Waals surface area contributed by atoms with Crippen LogP contribution in [0.1, 0.15) is 12.8 Å². The summed E-state index contributed by atoms with van der Waals surface area (Å²) in [5.41, 5.74) is 0.567. The lowest BCUT2D eigenvalue weighted by molar-refractivity contribution is -0.120. The molecule has 2 aliphatic rings. The first kappa shape index (κ1) is 20.3. The number of ether oxygens (including phenoxy) is 2. The zero-order valence-electron chi connectivity index (χ0n) is 15.2. The van der Waals surface area contributed by atoms with Crippen molar-refractivity contribution in [2.24, 2.45) is 5.92 Å². The van der Waals surface area contributed by atoms with Crippen molar-refractivity contribution in [1.82, 2.24) is 4.31 Å². The highest BCUT2D eigenvalue weighted by molar-refractivity contribution is 7.89. The molecule has 0 bridgehead atoms. The van der Waals surface area contributed by atoms with Gasteiger partial charge in [-0.05, 0) is 43.2 Å². The van der Waals surface area contributed by atoms with E-state index in [2.05, 4.69) is 5.32 Å². The smallest absolute Gasteiger partial charge is 0.244 e. The minimum atomic E-state index is -3.86. The first-order valence-electron chi connectivity index (χ1n) is 9.00. The monoisotopic (exact) mass is 456 g/mol. The van der Waals surface area contributed by atoms with Crippen LogP contribution in [-0.2, 0) is 14.8 Å². The summed E-state index contributed by atoms with van der Waals surface area (Å²) in [5, 5.41) is 3.21. The molecule has 4 rings (SSSR count). The second-order valence-corrected chi connectivity index (χ2v) is 9.58. The summed E-state index contributed by atoms with van der Waals surface area (Å²) >= 11 is 12.0. The molecule has 154 valence electrons. The number of rotatable bonds is 4. The fourth-order valence-corrected chi connectivity index (χ4v) is 5.67. The van der Waals surface area contributed by atoms with Crippen LogP contribution in [0.3, 0.4) is 0 Å². The van der Waals surface area contributed by atoms with Crippen LogP contribution in [0, 0.1) is 5.92 Å². The number of benzene rings is 2. The van der Waals surface area contributed by atoms with Crippen LogP contribution in [0.5, 0.6) is 11.5 Å². The maximum absolute atomic E-state index is 13.0. The number of carbonyl (C=O) groups is 1. The Kier molecular flexibility index (Phi) is 5.61. The molecule has 0 aliphatic carbocycles. The van der Waals surface area contributed by atoms with E-state index >= 15 is 0 Å². The van der Waals surface area contributed by atoms with E-state index in [0.29, 0.717) is 36.6 Å². The van der Waals surface area contributed by atoms with Crippen LogP contribution in [-0.4, -0.2) is 38.5 Å². The number of hydrogen-bond donors (Lipinski definition) is 1. The maximum Gasteiger partial charge on any atom is 0.244 e. The molecular formula is C19H18Cl2N2O5S. The molecule has 1 saturated heterocycles. The molecule has 29 heavy (non-hydrogen) atoms. The van der Waals surface area contributed by atoms with E-state index in [1.165, 1.54) is 22.5 Å². The molecule has 7 nitrogen and oxygen atoms in total. The van der Waals surface area contributed by atoms with E-state index in [0.717, 1.165) is 0 Å². The summed E-state index contributed by atoms with van der Waals surface area (Å²) in [6, 6.07) is 9.43. The number of fused-ring (bicyclic) bond motifs is 1. The number of nitrogens with zero attached hydrogens (tertiary/aromatic N) is 1. The topological polar surface area (TPSA) is 84.9 Å². The standard InChI is InChI=1S/C19H18Cl2N2O5S/c20-13-3-5-15(21)18(8-13)29(25,26)23-7-1-2-12(10-23)19(24)22-14-4-6-16-17(9-14)28-11-27-16/h3-6,8-9,12H,1-2,7,10-11H2,(H,22,24). The molecule has 1 N–H and O–H groups in total. The lowest BCUT2D eigenvalue weighted by Gasteiger charge is -2.31. The number of sulfonamides is 1. The fourth-order valence-electron chi connectivity index (χ4n) is 3.41. The van der Waals surface area contributed by atoms with E-state index in [1.807, 2.05) is 0 Å². The first-order chi connectivity index (χ1) is 13.8. The van der Waals surface area contributed by atoms with E-state index in [9.17, 15) is 13.2 Å².